The van der Waals surface area contributed by atoms with Crippen LogP contribution in [0.4, 0.5) is 10.1 Å². The van der Waals surface area contributed by atoms with E-state index in [1.807, 2.05) is 0 Å². The number of halogens is 1. The Morgan fingerprint density at radius 3 is 2.95 bits per heavy atom. The van der Waals surface area contributed by atoms with Crippen LogP contribution in [0, 0.1) is 24.6 Å². The molecule has 1 aromatic heterocycles. The van der Waals surface area contributed by atoms with Gasteiger partial charge < -0.3 is 10.4 Å². The van der Waals surface area contributed by atoms with Crippen LogP contribution in [0.15, 0.2) is 23.7 Å². The Morgan fingerprint density at radius 2 is 2.35 bits per heavy atom. The molecule has 0 saturated heterocycles. The Morgan fingerprint density at radius 1 is 1.55 bits per heavy atom. The van der Waals surface area contributed by atoms with Crippen molar-refractivity contribution in [2.45, 2.75) is 6.92 Å². The van der Waals surface area contributed by atoms with Crippen molar-refractivity contribution in [1.82, 2.24) is 4.98 Å². The van der Waals surface area contributed by atoms with Crippen molar-refractivity contribution in [2.75, 3.05) is 11.9 Å². The monoisotopic (exact) mass is 290 g/mol. The quantitative estimate of drug-likeness (QED) is 0.833. The molecule has 0 radical (unpaired) electrons. The SMILES string of the molecule is Cc1ncsc1C(=O)Nc1ccc(C#CCO)c(F)c1. The molecule has 0 atom stereocenters. The number of nitrogens with zero attached hydrogens (tertiary/aromatic N) is 1. The van der Waals surface area contributed by atoms with Crippen LogP contribution in [0.5, 0.6) is 0 Å². The smallest absolute Gasteiger partial charge is 0.267 e. The van der Waals surface area contributed by atoms with E-state index in [4.69, 9.17) is 5.11 Å². The van der Waals surface area contributed by atoms with Gasteiger partial charge in [-0.05, 0) is 25.1 Å². The number of amides is 1. The van der Waals surface area contributed by atoms with Crippen molar-refractivity contribution in [3.63, 3.8) is 0 Å². The minimum absolute atomic E-state index is 0.172. The lowest BCUT2D eigenvalue weighted by molar-refractivity contribution is 0.103. The van der Waals surface area contributed by atoms with E-state index in [1.165, 1.54) is 23.5 Å². The van der Waals surface area contributed by atoms with Crippen LogP contribution in [0.2, 0.25) is 0 Å². The highest BCUT2D eigenvalue weighted by atomic mass is 32.1. The maximum Gasteiger partial charge on any atom is 0.267 e. The summed E-state index contributed by atoms with van der Waals surface area (Å²) in [4.78, 5) is 16.4. The number of anilines is 1. The number of thiazole rings is 1. The first-order chi connectivity index (χ1) is 9.61. The topological polar surface area (TPSA) is 62.2 Å². The number of aliphatic hydroxyl groups is 1. The van der Waals surface area contributed by atoms with Crippen molar-refractivity contribution in [2.24, 2.45) is 0 Å². The minimum Gasteiger partial charge on any atom is -0.384 e. The molecule has 0 spiro atoms. The van der Waals surface area contributed by atoms with Gasteiger partial charge in [-0.3, -0.25) is 4.79 Å². The standard InChI is InChI=1S/C14H11FN2O2S/c1-9-13(20-8-16-9)14(19)17-11-5-4-10(3-2-6-18)12(15)7-11/h4-5,7-8,18H,6H2,1H3,(H,17,19). The molecule has 0 fully saturated rings. The molecular weight excluding hydrogens is 279 g/mol. The second kappa shape index (κ2) is 6.28. The van der Waals surface area contributed by atoms with Crippen LogP contribution in [0.1, 0.15) is 20.9 Å². The zero-order valence-corrected chi connectivity index (χ0v) is 11.4. The summed E-state index contributed by atoms with van der Waals surface area (Å²) in [5, 5.41) is 11.2. The molecule has 1 aromatic carbocycles. The lowest BCUT2D eigenvalue weighted by Gasteiger charge is -2.05. The van der Waals surface area contributed by atoms with E-state index in [9.17, 15) is 9.18 Å². The van der Waals surface area contributed by atoms with Crippen LogP contribution < -0.4 is 5.32 Å². The highest BCUT2D eigenvalue weighted by molar-refractivity contribution is 7.12. The second-order valence-corrected chi connectivity index (χ2v) is 4.73. The number of aromatic nitrogens is 1. The Balaban J connectivity index is 2.17. The van der Waals surface area contributed by atoms with Crippen LogP contribution in [0.3, 0.4) is 0 Å². The number of benzene rings is 1. The maximum absolute atomic E-state index is 13.7. The summed E-state index contributed by atoms with van der Waals surface area (Å²) in [6.07, 6.45) is 0. The molecule has 20 heavy (non-hydrogen) atoms. The molecule has 0 aliphatic rings. The van der Waals surface area contributed by atoms with Gasteiger partial charge in [0.2, 0.25) is 0 Å². The van der Waals surface area contributed by atoms with Crippen LogP contribution >= 0.6 is 11.3 Å². The van der Waals surface area contributed by atoms with E-state index >= 15 is 0 Å². The zero-order valence-electron chi connectivity index (χ0n) is 10.6. The number of aryl methyl sites for hydroxylation is 1. The van der Waals surface area contributed by atoms with Gasteiger partial charge in [0.15, 0.2) is 0 Å². The van der Waals surface area contributed by atoms with E-state index in [0.717, 1.165) is 0 Å². The number of aliphatic hydroxyl groups excluding tert-OH is 1. The second-order valence-electron chi connectivity index (χ2n) is 3.88. The summed E-state index contributed by atoms with van der Waals surface area (Å²) in [5.74, 6) is 3.98. The van der Waals surface area contributed by atoms with Gasteiger partial charge in [-0.1, -0.05) is 11.8 Å². The molecular formula is C14H11FN2O2S. The van der Waals surface area contributed by atoms with Gasteiger partial charge in [-0.15, -0.1) is 11.3 Å². The van der Waals surface area contributed by atoms with Gasteiger partial charge >= 0.3 is 0 Å². The van der Waals surface area contributed by atoms with Gasteiger partial charge in [0.05, 0.1) is 16.8 Å². The lowest BCUT2D eigenvalue weighted by atomic mass is 10.2. The first-order valence-corrected chi connectivity index (χ1v) is 6.60. The molecule has 0 aliphatic carbocycles. The fraction of sp³-hybridized carbons (Fsp3) is 0.143. The molecule has 2 N–H and O–H groups in total. The molecule has 0 aliphatic heterocycles. The molecule has 2 aromatic rings. The molecule has 0 saturated carbocycles. The average Bonchev–Trinajstić information content (AvgIpc) is 2.84. The molecule has 0 unspecified atom stereocenters. The number of nitrogens with one attached hydrogen (secondary N) is 1. The zero-order chi connectivity index (χ0) is 14.5. The van der Waals surface area contributed by atoms with Gasteiger partial charge in [0.1, 0.15) is 17.3 Å². The van der Waals surface area contributed by atoms with Gasteiger partial charge in [0, 0.05) is 5.69 Å². The first-order valence-electron chi connectivity index (χ1n) is 5.72. The fourth-order valence-corrected chi connectivity index (χ4v) is 2.23. The third-order valence-corrected chi connectivity index (χ3v) is 3.41. The fourth-order valence-electron chi connectivity index (χ4n) is 1.54. The Bertz CT molecular complexity index is 701. The Labute approximate surface area is 119 Å². The van der Waals surface area contributed by atoms with E-state index in [-0.39, 0.29) is 18.1 Å². The van der Waals surface area contributed by atoms with Crippen LogP contribution in [-0.2, 0) is 0 Å². The largest absolute Gasteiger partial charge is 0.384 e. The molecule has 6 heteroatoms. The summed E-state index contributed by atoms with van der Waals surface area (Å²) in [5.41, 5.74) is 2.73. The normalized spacial score (nSPS) is 9.75. The predicted molar refractivity (Wildman–Crippen MR) is 75.2 cm³/mol. The molecule has 0 bridgehead atoms. The highest BCUT2D eigenvalue weighted by Crippen LogP contribution is 2.17. The number of carbonyl (C=O) groups is 1. The van der Waals surface area contributed by atoms with E-state index in [2.05, 4.69) is 22.1 Å². The number of rotatable bonds is 2. The Hall–Kier alpha value is -2.23. The van der Waals surface area contributed by atoms with E-state index in [0.29, 0.717) is 16.3 Å². The third-order valence-electron chi connectivity index (χ3n) is 2.48. The van der Waals surface area contributed by atoms with Crippen molar-refractivity contribution < 1.29 is 14.3 Å². The summed E-state index contributed by atoms with van der Waals surface area (Å²) in [7, 11) is 0. The van der Waals surface area contributed by atoms with Crippen molar-refractivity contribution >= 4 is 22.9 Å². The molecule has 4 nitrogen and oxygen atoms in total. The third kappa shape index (κ3) is 3.20. The summed E-state index contributed by atoms with van der Waals surface area (Å²) in [6, 6.07) is 4.20. The van der Waals surface area contributed by atoms with E-state index in [1.54, 1.807) is 18.5 Å². The highest BCUT2D eigenvalue weighted by Gasteiger charge is 2.12. The Kier molecular flexibility index (Phi) is 4.45. The van der Waals surface area contributed by atoms with Gasteiger partial charge in [-0.25, -0.2) is 9.37 Å². The minimum atomic E-state index is -0.551. The van der Waals surface area contributed by atoms with Crippen molar-refractivity contribution in [3.05, 3.63) is 45.7 Å². The van der Waals surface area contributed by atoms with Crippen LogP contribution in [-0.4, -0.2) is 22.6 Å². The summed E-state index contributed by atoms with van der Waals surface area (Å²) in [6.45, 7) is 1.40. The predicted octanol–water partition coefficient (Wildman–Crippen LogP) is 2.19. The number of carbonyl (C=O) groups excluding carboxylic acids is 1. The molecule has 1 heterocycles. The number of hydrogen-bond donors (Lipinski definition) is 2. The average molecular weight is 290 g/mol. The van der Waals surface area contributed by atoms with E-state index < -0.39 is 5.82 Å². The molecule has 102 valence electrons. The van der Waals surface area contributed by atoms with Crippen molar-refractivity contribution in [1.29, 1.82) is 0 Å². The van der Waals surface area contributed by atoms with Crippen LogP contribution in [0.25, 0.3) is 0 Å². The summed E-state index contributed by atoms with van der Waals surface area (Å²) < 4.78 is 13.7. The van der Waals surface area contributed by atoms with Crippen molar-refractivity contribution in [3.8, 4) is 11.8 Å². The first kappa shape index (κ1) is 14.2. The maximum atomic E-state index is 13.7. The summed E-state index contributed by atoms with van der Waals surface area (Å²) >= 11 is 1.23. The van der Waals surface area contributed by atoms with Gasteiger partial charge in [0.25, 0.3) is 5.91 Å². The molecule has 1 amide bonds. The number of hydrogen-bond acceptors (Lipinski definition) is 4. The lowest BCUT2D eigenvalue weighted by Crippen LogP contribution is -2.11. The molecule has 2 rings (SSSR count). The van der Waals surface area contributed by atoms with Gasteiger partial charge in [-0.2, -0.15) is 0 Å².